The first-order valence-corrected chi connectivity index (χ1v) is 7.36. The molecule has 3 N–H and O–H groups in total. The van der Waals surface area contributed by atoms with Crippen LogP contribution in [0.1, 0.15) is 23.8 Å². The smallest absolute Gasteiger partial charge is 0.116 e. The second kappa shape index (κ2) is 5.64. The summed E-state index contributed by atoms with van der Waals surface area (Å²) < 4.78 is 7.74. The van der Waals surface area contributed by atoms with Gasteiger partial charge in [-0.15, -0.1) is 11.3 Å². The van der Waals surface area contributed by atoms with Crippen LogP contribution in [0, 0.1) is 0 Å². The van der Waals surface area contributed by atoms with Gasteiger partial charge < -0.3 is 4.74 Å². The third-order valence-electron chi connectivity index (χ3n) is 2.36. The van der Waals surface area contributed by atoms with Gasteiger partial charge >= 0.3 is 0 Å². The van der Waals surface area contributed by atoms with E-state index in [1.807, 2.05) is 0 Å². The SMILES string of the molecule is NNC(C1=CCCCO1)c1cc(Br)c(Br)s1. The van der Waals surface area contributed by atoms with E-state index in [1.54, 1.807) is 11.3 Å². The molecular weight excluding hydrogens is 356 g/mol. The molecule has 0 amide bonds. The zero-order chi connectivity index (χ0) is 11.5. The summed E-state index contributed by atoms with van der Waals surface area (Å²) in [5.41, 5.74) is 2.80. The van der Waals surface area contributed by atoms with Gasteiger partial charge in [0.05, 0.1) is 10.4 Å². The van der Waals surface area contributed by atoms with Crippen molar-refractivity contribution < 1.29 is 4.74 Å². The van der Waals surface area contributed by atoms with Crippen LogP contribution in [0.3, 0.4) is 0 Å². The van der Waals surface area contributed by atoms with E-state index in [0.29, 0.717) is 0 Å². The van der Waals surface area contributed by atoms with Crippen LogP contribution in [0.4, 0.5) is 0 Å². The minimum absolute atomic E-state index is 0.0482. The molecule has 0 aromatic carbocycles. The summed E-state index contributed by atoms with van der Waals surface area (Å²) in [5, 5.41) is 0. The van der Waals surface area contributed by atoms with Gasteiger partial charge in [0, 0.05) is 9.35 Å². The molecule has 1 aliphatic heterocycles. The first-order chi connectivity index (χ1) is 7.72. The molecule has 1 unspecified atom stereocenters. The highest BCUT2D eigenvalue weighted by molar-refractivity contribution is 9.13. The lowest BCUT2D eigenvalue weighted by atomic mass is 10.1. The highest BCUT2D eigenvalue weighted by Crippen LogP contribution is 2.38. The van der Waals surface area contributed by atoms with E-state index in [9.17, 15) is 0 Å². The van der Waals surface area contributed by atoms with Gasteiger partial charge in [-0.25, -0.2) is 5.43 Å². The molecule has 1 atom stereocenters. The van der Waals surface area contributed by atoms with Crippen molar-refractivity contribution in [1.29, 1.82) is 0 Å². The highest BCUT2D eigenvalue weighted by Gasteiger charge is 2.21. The molecule has 0 saturated carbocycles. The number of rotatable bonds is 3. The van der Waals surface area contributed by atoms with Gasteiger partial charge in [0.25, 0.3) is 0 Å². The van der Waals surface area contributed by atoms with Gasteiger partial charge in [-0.3, -0.25) is 5.84 Å². The molecule has 0 aliphatic carbocycles. The van der Waals surface area contributed by atoms with Crippen LogP contribution >= 0.6 is 43.2 Å². The van der Waals surface area contributed by atoms with Gasteiger partial charge in [-0.2, -0.15) is 0 Å². The Morgan fingerprint density at radius 2 is 2.31 bits per heavy atom. The van der Waals surface area contributed by atoms with E-state index in [2.05, 4.69) is 49.4 Å². The number of ether oxygens (including phenoxy) is 1. The number of nitrogens with one attached hydrogen (secondary N) is 1. The fraction of sp³-hybridized carbons (Fsp3) is 0.400. The maximum absolute atomic E-state index is 5.63. The van der Waals surface area contributed by atoms with E-state index in [-0.39, 0.29) is 6.04 Å². The Morgan fingerprint density at radius 3 is 2.81 bits per heavy atom. The van der Waals surface area contributed by atoms with Crippen LogP contribution in [0.5, 0.6) is 0 Å². The largest absolute Gasteiger partial charge is 0.496 e. The molecule has 0 bridgehead atoms. The normalized spacial score (nSPS) is 17.8. The maximum Gasteiger partial charge on any atom is 0.116 e. The number of allylic oxidation sites excluding steroid dienone is 1. The molecule has 0 fully saturated rings. The van der Waals surface area contributed by atoms with Gasteiger partial charge in [-0.05, 0) is 56.8 Å². The third kappa shape index (κ3) is 2.68. The van der Waals surface area contributed by atoms with Crippen molar-refractivity contribution in [3.63, 3.8) is 0 Å². The van der Waals surface area contributed by atoms with Crippen molar-refractivity contribution in [2.45, 2.75) is 18.9 Å². The van der Waals surface area contributed by atoms with Crippen molar-refractivity contribution in [1.82, 2.24) is 5.43 Å². The van der Waals surface area contributed by atoms with Crippen molar-refractivity contribution in [3.8, 4) is 0 Å². The van der Waals surface area contributed by atoms with E-state index in [4.69, 9.17) is 10.6 Å². The lowest BCUT2D eigenvalue weighted by Crippen LogP contribution is -2.30. The number of hydrogen-bond acceptors (Lipinski definition) is 4. The molecule has 16 heavy (non-hydrogen) atoms. The Balaban J connectivity index is 2.24. The molecule has 1 aromatic heterocycles. The number of nitrogens with two attached hydrogens (primary N) is 1. The Hall–Kier alpha value is 0.120. The van der Waals surface area contributed by atoms with Gasteiger partial charge in [0.15, 0.2) is 0 Å². The molecule has 2 rings (SSSR count). The van der Waals surface area contributed by atoms with Crippen molar-refractivity contribution in [3.05, 3.63) is 31.0 Å². The first-order valence-electron chi connectivity index (χ1n) is 4.96. The predicted molar refractivity (Wildman–Crippen MR) is 73.1 cm³/mol. The molecule has 0 spiro atoms. The maximum atomic E-state index is 5.63. The Bertz CT molecular complexity index is 386. The number of hydrazine groups is 1. The lowest BCUT2D eigenvalue weighted by molar-refractivity contribution is 0.168. The molecule has 1 aliphatic rings. The zero-order valence-corrected chi connectivity index (χ0v) is 12.5. The van der Waals surface area contributed by atoms with Crippen molar-refractivity contribution >= 4 is 43.2 Å². The molecule has 0 saturated heterocycles. The van der Waals surface area contributed by atoms with E-state index in [1.165, 1.54) is 0 Å². The lowest BCUT2D eigenvalue weighted by Gasteiger charge is -2.22. The summed E-state index contributed by atoms with van der Waals surface area (Å²) in [6.07, 6.45) is 4.25. The van der Waals surface area contributed by atoms with Crippen LogP contribution in [0.15, 0.2) is 26.2 Å². The molecule has 6 heteroatoms. The minimum atomic E-state index is -0.0482. The van der Waals surface area contributed by atoms with E-state index in [0.717, 1.165) is 38.3 Å². The summed E-state index contributed by atoms with van der Waals surface area (Å²) in [4.78, 5) is 1.13. The summed E-state index contributed by atoms with van der Waals surface area (Å²) in [6.45, 7) is 0.776. The second-order valence-electron chi connectivity index (χ2n) is 3.47. The fourth-order valence-corrected chi connectivity index (χ4v) is 3.75. The molecule has 0 radical (unpaired) electrons. The minimum Gasteiger partial charge on any atom is -0.496 e. The molecule has 2 heterocycles. The van der Waals surface area contributed by atoms with Crippen LogP contribution in [-0.2, 0) is 4.74 Å². The monoisotopic (exact) mass is 366 g/mol. The summed E-state index contributed by atoms with van der Waals surface area (Å²) in [7, 11) is 0. The molecular formula is C10H12Br2N2OS. The fourth-order valence-electron chi connectivity index (χ4n) is 1.59. The Kier molecular flexibility index (Phi) is 4.43. The predicted octanol–water partition coefficient (Wildman–Crippen LogP) is 3.47. The van der Waals surface area contributed by atoms with Crippen molar-refractivity contribution in [2.75, 3.05) is 6.61 Å². The Labute approximate surface area is 115 Å². The van der Waals surface area contributed by atoms with Crippen LogP contribution in [-0.4, -0.2) is 6.61 Å². The van der Waals surface area contributed by atoms with E-state index < -0.39 is 0 Å². The van der Waals surface area contributed by atoms with Gasteiger partial charge in [0.1, 0.15) is 11.8 Å². The zero-order valence-electron chi connectivity index (χ0n) is 8.50. The standard InChI is InChI=1S/C10H12Br2N2OS/c11-6-5-8(16-10(6)12)9(14-13)7-3-1-2-4-15-7/h3,5,9,14H,1-2,4,13H2. The van der Waals surface area contributed by atoms with Crippen LogP contribution < -0.4 is 11.3 Å². The first kappa shape index (κ1) is 12.6. The molecule has 1 aromatic rings. The summed E-state index contributed by atoms with van der Waals surface area (Å²) >= 11 is 8.60. The molecule has 88 valence electrons. The average molecular weight is 368 g/mol. The average Bonchev–Trinajstić information content (AvgIpc) is 2.61. The third-order valence-corrected chi connectivity index (χ3v) is 5.68. The topological polar surface area (TPSA) is 47.3 Å². The van der Waals surface area contributed by atoms with Crippen LogP contribution in [0.2, 0.25) is 0 Å². The summed E-state index contributed by atoms with van der Waals surface area (Å²) in [5.74, 6) is 6.53. The summed E-state index contributed by atoms with van der Waals surface area (Å²) in [6, 6.07) is 2.01. The second-order valence-corrected chi connectivity index (χ2v) is 6.72. The van der Waals surface area contributed by atoms with Gasteiger partial charge in [-0.1, -0.05) is 0 Å². The Morgan fingerprint density at radius 1 is 1.50 bits per heavy atom. The van der Waals surface area contributed by atoms with Gasteiger partial charge in [0.2, 0.25) is 0 Å². The number of hydrogen-bond donors (Lipinski definition) is 2. The molecule has 3 nitrogen and oxygen atoms in total. The number of thiophene rings is 1. The highest BCUT2D eigenvalue weighted by atomic mass is 79.9. The van der Waals surface area contributed by atoms with Crippen LogP contribution in [0.25, 0.3) is 0 Å². The quantitative estimate of drug-likeness (QED) is 0.635. The van der Waals surface area contributed by atoms with Crippen molar-refractivity contribution in [2.24, 2.45) is 5.84 Å². The van der Waals surface area contributed by atoms with E-state index >= 15 is 0 Å². The number of halogens is 2.